The lowest BCUT2D eigenvalue weighted by atomic mass is 10.1. The van der Waals surface area contributed by atoms with E-state index in [0.717, 1.165) is 23.8 Å². The van der Waals surface area contributed by atoms with E-state index in [1.165, 1.54) is 4.90 Å². The number of amides is 2. The second-order valence-electron chi connectivity index (χ2n) is 6.14. The van der Waals surface area contributed by atoms with E-state index in [0.29, 0.717) is 12.1 Å². The number of nitrogens with one attached hydrogen (secondary N) is 2. The summed E-state index contributed by atoms with van der Waals surface area (Å²) in [6, 6.07) is 9.28. The summed E-state index contributed by atoms with van der Waals surface area (Å²) in [5.41, 5.74) is 1.32. The van der Waals surface area contributed by atoms with Crippen molar-refractivity contribution < 1.29 is 18.4 Å². The van der Waals surface area contributed by atoms with Crippen molar-refractivity contribution >= 4 is 23.2 Å². The molecule has 2 N–H and O–H groups in total. The van der Waals surface area contributed by atoms with E-state index in [9.17, 15) is 18.4 Å². The summed E-state index contributed by atoms with van der Waals surface area (Å²) in [4.78, 5) is 25.4. The van der Waals surface area contributed by atoms with Crippen LogP contribution in [0.2, 0.25) is 0 Å². The molecule has 0 aromatic heterocycles. The molecule has 7 heteroatoms. The van der Waals surface area contributed by atoms with Gasteiger partial charge < -0.3 is 15.5 Å². The van der Waals surface area contributed by atoms with Crippen LogP contribution in [0.25, 0.3) is 0 Å². The highest BCUT2D eigenvalue weighted by atomic mass is 19.1. The lowest BCUT2D eigenvalue weighted by Crippen LogP contribution is -2.32. The number of anilines is 2. The van der Waals surface area contributed by atoms with Crippen LogP contribution >= 0.6 is 0 Å². The largest absolute Gasteiger partial charge is 0.374 e. The van der Waals surface area contributed by atoms with Crippen molar-refractivity contribution in [2.45, 2.75) is 19.4 Å². The van der Waals surface area contributed by atoms with Gasteiger partial charge in [0.15, 0.2) is 0 Å². The summed E-state index contributed by atoms with van der Waals surface area (Å²) in [6.45, 7) is 1.61. The highest BCUT2D eigenvalue weighted by Crippen LogP contribution is 2.17. The summed E-state index contributed by atoms with van der Waals surface area (Å²) in [7, 11) is 3.39. The van der Waals surface area contributed by atoms with Gasteiger partial charge in [0.05, 0.1) is 12.1 Å². The first-order chi connectivity index (χ1) is 12.3. The molecule has 0 saturated carbocycles. The van der Waals surface area contributed by atoms with Crippen LogP contribution in [0, 0.1) is 11.6 Å². The van der Waals surface area contributed by atoms with Crippen LogP contribution in [0.1, 0.15) is 12.5 Å². The average Bonchev–Trinajstić information content (AvgIpc) is 2.59. The van der Waals surface area contributed by atoms with E-state index in [4.69, 9.17) is 0 Å². The van der Waals surface area contributed by atoms with Crippen molar-refractivity contribution in [3.05, 3.63) is 59.7 Å². The molecule has 1 atom stereocenters. The number of hydrogen-bond donors (Lipinski definition) is 2. The number of likely N-dealkylation sites (N-methyl/N-ethyl adjacent to an activating group) is 1. The van der Waals surface area contributed by atoms with E-state index < -0.39 is 23.6 Å². The topological polar surface area (TPSA) is 61.4 Å². The maximum absolute atomic E-state index is 13.6. The number of benzene rings is 2. The first kappa shape index (κ1) is 19.4. The van der Waals surface area contributed by atoms with Crippen molar-refractivity contribution in [3.63, 3.8) is 0 Å². The van der Waals surface area contributed by atoms with Gasteiger partial charge in [0.25, 0.3) is 0 Å². The fourth-order valence-corrected chi connectivity index (χ4v) is 2.20. The van der Waals surface area contributed by atoms with Gasteiger partial charge in [-0.1, -0.05) is 12.1 Å². The van der Waals surface area contributed by atoms with E-state index in [1.54, 1.807) is 45.3 Å². The second-order valence-corrected chi connectivity index (χ2v) is 6.14. The molecule has 0 fully saturated rings. The molecule has 0 saturated heterocycles. The number of carbonyl (C=O) groups is 2. The molecular formula is C19H21F2N3O2. The van der Waals surface area contributed by atoms with Crippen LogP contribution in [-0.4, -0.2) is 36.9 Å². The molecule has 0 aliphatic carbocycles. The quantitative estimate of drug-likeness (QED) is 0.831. The lowest BCUT2D eigenvalue weighted by molar-refractivity contribution is -0.128. The van der Waals surface area contributed by atoms with Crippen LogP contribution < -0.4 is 10.6 Å². The summed E-state index contributed by atoms with van der Waals surface area (Å²) in [5, 5.41) is 5.33. The number of halogens is 2. The molecule has 0 unspecified atom stereocenters. The van der Waals surface area contributed by atoms with Gasteiger partial charge in [-0.3, -0.25) is 9.59 Å². The van der Waals surface area contributed by atoms with E-state index in [-0.39, 0.29) is 11.6 Å². The molecule has 0 spiro atoms. The number of nitrogens with zero attached hydrogens (tertiary/aromatic N) is 1. The highest BCUT2D eigenvalue weighted by Gasteiger charge is 2.15. The fraction of sp³-hybridized carbons (Fsp3) is 0.263. The molecule has 0 aliphatic heterocycles. The minimum atomic E-state index is -0.707. The van der Waals surface area contributed by atoms with Gasteiger partial charge in [0.1, 0.15) is 17.7 Å². The normalized spacial score (nSPS) is 11.6. The molecule has 0 heterocycles. The van der Waals surface area contributed by atoms with Gasteiger partial charge in [0.2, 0.25) is 11.8 Å². The van der Waals surface area contributed by atoms with Gasteiger partial charge in [-0.05, 0) is 36.8 Å². The highest BCUT2D eigenvalue weighted by molar-refractivity contribution is 5.96. The molecule has 0 radical (unpaired) electrons. The van der Waals surface area contributed by atoms with Crippen molar-refractivity contribution in [2.75, 3.05) is 24.7 Å². The van der Waals surface area contributed by atoms with Crippen molar-refractivity contribution in [1.29, 1.82) is 0 Å². The summed E-state index contributed by atoms with van der Waals surface area (Å²) in [6.07, 6.45) is 0.294. The lowest BCUT2D eigenvalue weighted by Gasteiger charge is -2.16. The van der Waals surface area contributed by atoms with Crippen molar-refractivity contribution in [3.8, 4) is 0 Å². The Hall–Kier alpha value is -2.96. The number of rotatable bonds is 6. The molecule has 2 rings (SSSR count). The monoisotopic (exact) mass is 361 g/mol. The van der Waals surface area contributed by atoms with Gasteiger partial charge in [-0.25, -0.2) is 8.78 Å². The maximum atomic E-state index is 13.6. The zero-order chi connectivity index (χ0) is 19.3. The Kier molecular flexibility index (Phi) is 6.27. The first-order valence-electron chi connectivity index (χ1n) is 8.08. The van der Waals surface area contributed by atoms with Gasteiger partial charge in [0, 0.05) is 25.8 Å². The molecule has 2 aromatic carbocycles. The van der Waals surface area contributed by atoms with Gasteiger partial charge in [-0.15, -0.1) is 0 Å². The third kappa shape index (κ3) is 5.27. The fourth-order valence-electron chi connectivity index (χ4n) is 2.20. The molecule has 138 valence electrons. The Morgan fingerprint density at radius 3 is 2.35 bits per heavy atom. The molecule has 5 nitrogen and oxygen atoms in total. The third-order valence-electron chi connectivity index (χ3n) is 3.77. The zero-order valence-corrected chi connectivity index (χ0v) is 14.8. The number of hydrogen-bond acceptors (Lipinski definition) is 3. The van der Waals surface area contributed by atoms with E-state index in [2.05, 4.69) is 10.6 Å². The predicted molar refractivity (Wildman–Crippen MR) is 96.9 cm³/mol. The average molecular weight is 361 g/mol. The van der Waals surface area contributed by atoms with Crippen LogP contribution in [0.4, 0.5) is 20.2 Å². The third-order valence-corrected chi connectivity index (χ3v) is 3.77. The van der Waals surface area contributed by atoms with Crippen LogP contribution in [0.3, 0.4) is 0 Å². The first-order valence-corrected chi connectivity index (χ1v) is 8.08. The van der Waals surface area contributed by atoms with Crippen LogP contribution in [-0.2, 0) is 16.0 Å². The van der Waals surface area contributed by atoms with E-state index >= 15 is 0 Å². The minimum Gasteiger partial charge on any atom is -0.374 e. The van der Waals surface area contributed by atoms with Crippen molar-refractivity contribution in [2.24, 2.45) is 0 Å². The predicted octanol–water partition coefficient (Wildman–Crippen LogP) is 3.03. The maximum Gasteiger partial charge on any atom is 0.246 e. The number of carbonyl (C=O) groups excluding carboxylic acids is 2. The van der Waals surface area contributed by atoms with Crippen LogP contribution in [0.5, 0.6) is 0 Å². The molecule has 2 aromatic rings. The Bertz CT molecular complexity index is 792. The Morgan fingerprint density at radius 2 is 1.73 bits per heavy atom. The Morgan fingerprint density at radius 1 is 1.08 bits per heavy atom. The van der Waals surface area contributed by atoms with Gasteiger partial charge >= 0.3 is 0 Å². The van der Waals surface area contributed by atoms with E-state index in [1.807, 2.05) is 0 Å². The van der Waals surface area contributed by atoms with Gasteiger partial charge in [-0.2, -0.15) is 0 Å². The Labute approximate surface area is 151 Å². The summed E-state index contributed by atoms with van der Waals surface area (Å²) < 4.78 is 26.8. The zero-order valence-electron chi connectivity index (χ0n) is 14.8. The molecular weight excluding hydrogens is 340 g/mol. The smallest absolute Gasteiger partial charge is 0.246 e. The molecule has 2 amide bonds. The second kappa shape index (κ2) is 8.42. The molecule has 0 aliphatic rings. The SMILES string of the molecule is C[C@@H](Nc1ccc(CC(=O)N(C)C)cc1)C(=O)Nc1cc(F)ccc1F. The molecule has 0 bridgehead atoms. The Balaban J connectivity index is 1.96. The van der Waals surface area contributed by atoms with Crippen LogP contribution in [0.15, 0.2) is 42.5 Å². The standard InChI is InChI=1S/C19H21F2N3O2/c1-12(19(26)23-17-11-14(20)6-9-16(17)21)22-15-7-4-13(5-8-15)10-18(25)24(2)3/h4-9,11-12,22H,10H2,1-3H3,(H,23,26)/t12-/m1/s1. The summed E-state index contributed by atoms with van der Waals surface area (Å²) in [5.74, 6) is -1.84. The van der Waals surface area contributed by atoms with Crippen molar-refractivity contribution in [1.82, 2.24) is 4.90 Å². The summed E-state index contributed by atoms with van der Waals surface area (Å²) >= 11 is 0. The molecule has 26 heavy (non-hydrogen) atoms. The minimum absolute atomic E-state index is 0.00410.